The fourth-order valence-electron chi connectivity index (χ4n) is 2.16. The van der Waals surface area contributed by atoms with Gasteiger partial charge in [-0.3, -0.25) is 0 Å². The molecule has 1 aromatic heterocycles. The van der Waals surface area contributed by atoms with Crippen molar-refractivity contribution >= 4 is 11.3 Å². The zero-order valence-corrected chi connectivity index (χ0v) is 10.9. The highest BCUT2D eigenvalue weighted by Crippen LogP contribution is 2.25. The number of nitrogens with two attached hydrogens (primary N) is 1. The van der Waals surface area contributed by atoms with Crippen LogP contribution in [-0.2, 0) is 11.3 Å². The molecule has 1 aliphatic carbocycles. The molecule has 1 aliphatic rings. The first-order valence-electron chi connectivity index (χ1n) is 6.24. The molecule has 1 saturated carbocycles. The van der Waals surface area contributed by atoms with Gasteiger partial charge >= 0.3 is 0 Å². The third kappa shape index (κ3) is 4.16. The summed E-state index contributed by atoms with van der Waals surface area (Å²) in [7, 11) is 0. The molecule has 0 atom stereocenters. The number of thiophene rings is 1. The third-order valence-electron chi connectivity index (χ3n) is 3.05. The summed E-state index contributed by atoms with van der Waals surface area (Å²) in [6.07, 6.45) is 5.45. The van der Waals surface area contributed by atoms with E-state index in [1.807, 2.05) is 6.07 Å². The second-order valence-corrected chi connectivity index (χ2v) is 5.61. The van der Waals surface area contributed by atoms with Crippen molar-refractivity contribution in [3.63, 3.8) is 0 Å². The maximum absolute atomic E-state index is 5.76. The largest absolute Gasteiger partial charge is 0.376 e. The molecule has 2 N–H and O–H groups in total. The minimum atomic E-state index is 0.422. The normalized spacial score (nSPS) is 15.8. The summed E-state index contributed by atoms with van der Waals surface area (Å²) in [6, 6.07) is 4.14. The molecule has 3 heteroatoms. The van der Waals surface area contributed by atoms with Gasteiger partial charge in [-0.1, -0.05) is 24.7 Å². The van der Waals surface area contributed by atoms with Gasteiger partial charge in [0.25, 0.3) is 0 Å². The summed E-state index contributed by atoms with van der Waals surface area (Å²) in [6.45, 7) is 2.07. The zero-order chi connectivity index (χ0) is 11.9. The Bertz CT molecular complexity index is 396. The molecule has 1 fully saturated rings. The van der Waals surface area contributed by atoms with Crippen molar-refractivity contribution in [1.29, 1.82) is 0 Å². The van der Waals surface area contributed by atoms with Crippen LogP contribution in [0.1, 0.15) is 35.4 Å². The van der Waals surface area contributed by atoms with Crippen LogP contribution in [0.15, 0.2) is 12.1 Å². The average Bonchev–Trinajstić information content (AvgIpc) is 2.98. The SMILES string of the molecule is NCC#Cc1ccc(COCC2CCCC2)s1. The van der Waals surface area contributed by atoms with Gasteiger partial charge in [0, 0.05) is 11.5 Å². The Hall–Kier alpha value is -0.820. The Kier molecular flexibility index (Phi) is 5.06. The molecular weight excluding hydrogens is 230 g/mol. The monoisotopic (exact) mass is 249 g/mol. The first-order valence-corrected chi connectivity index (χ1v) is 7.05. The smallest absolute Gasteiger partial charge is 0.0809 e. The molecule has 0 bridgehead atoms. The van der Waals surface area contributed by atoms with E-state index < -0.39 is 0 Å². The Morgan fingerprint density at radius 1 is 1.35 bits per heavy atom. The van der Waals surface area contributed by atoms with Crippen LogP contribution in [0.4, 0.5) is 0 Å². The summed E-state index contributed by atoms with van der Waals surface area (Å²) >= 11 is 1.70. The van der Waals surface area contributed by atoms with Gasteiger partial charge in [0.15, 0.2) is 0 Å². The molecule has 2 rings (SSSR count). The summed E-state index contributed by atoms with van der Waals surface area (Å²) in [5.74, 6) is 6.71. The molecule has 2 nitrogen and oxygen atoms in total. The fourth-order valence-corrected chi connectivity index (χ4v) is 2.98. The average molecular weight is 249 g/mol. The second kappa shape index (κ2) is 6.80. The molecule has 0 saturated heterocycles. The van der Waals surface area contributed by atoms with Gasteiger partial charge in [-0.2, -0.15) is 0 Å². The maximum Gasteiger partial charge on any atom is 0.0809 e. The van der Waals surface area contributed by atoms with Gasteiger partial charge < -0.3 is 10.5 Å². The second-order valence-electron chi connectivity index (χ2n) is 4.44. The Morgan fingerprint density at radius 3 is 2.94 bits per heavy atom. The molecule has 0 aromatic carbocycles. The third-order valence-corrected chi connectivity index (χ3v) is 4.02. The Morgan fingerprint density at radius 2 is 2.18 bits per heavy atom. The van der Waals surface area contributed by atoms with E-state index in [2.05, 4.69) is 17.9 Å². The molecule has 0 unspecified atom stereocenters. The van der Waals surface area contributed by atoms with E-state index >= 15 is 0 Å². The molecule has 1 aromatic rings. The Labute approximate surface area is 107 Å². The lowest BCUT2D eigenvalue weighted by Gasteiger charge is -2.08. The predicted molar refractivity (Wildman–Crippen MR) is 71.9 cm³/mol. The van der Waals surface area contributed by atoms with Gasteiger partial charge in [-0.15, -0.1) is 11.3 Å². The van der Waals surface area contributed by atoms with Gasteiger partial charge in [0.05, 0.1) is 18.0 Å². The van der Waals surface area contributed by atoms with Crippen molar-refractivity contribution in [2.45, 2.75) is 32.3 Å². The van der Waals surface area contributed by atoms with E-state index in [0.29, 0.717) is 6.54 Å². The summed E-state index contributed by atoms with van der Waals surface area (Å²) in [4.78, 5) is 2.33. The predicted octanol–water partition coefficient (Wildman–Crippen LogP) is 2.77. The van der Waals surface area contributed by atoms with Crippen LogP contribution in [0, 0.1) is 17.8 Å². The van der Waals surface area contributed by atoms with Crippen molar-refractivity contribution in [2.75, 3.05) is 13.2 Å². The molecule has 1 heterocycles. The first-order chi connectivity index (χ1) is 8.38. The Balaban J connectivity index is 1.73. The standard InChI is InChI=1S/C14H19NOS/c15-9-3-6-13-7-8-14(17-13)11-16-10-12-4-1-2-5-12/h7-8,12H,1-2,4-5,9-11,15H2. The lowest BCUT2D eigenvalue weighted by atomic mass is 10.1. The molecule has 0 amide bonds. The van der Waals surface area contributed by atoms with Crippen molar-refractivity contribution in [2.24, 2.45) is 11.7 Å². The van der Waals surface area contributed by atoms with Crippen molar-refractivity contribution in [3.8, 4) is 11.8 Å². The van der Waals surface area contributed by atoms with E-state index in [1.165, 1.54) is 30.6 Å². The van der Waals surface area contributed by atoms with E-state index in [4.69, 9.17) is 10.5 Å². The van der Waals surface area contributed by atoms with Crippen LogP contribution >= 0.6 is 11.3 Å². The molecule has 17 heavy (non-hydrogen) atoms. The van der Waals surface area contributed by atoms with Crippen LogP contribution in [-0.4, -0.2) is 13.2 Å². The van der Waals surface area contributed by atoms with Crippen LogP contribution < -0.4 is 5.73 Å². The molecule has 0 spiro atoms. The minimum Gasteiger partial charge on any atom is -0.376 e. The van der Waals surface area contributed by atoms with Gasteiger partial charge in [-0.05, 0) is 30.9 Å². The van der Waals surface area contributed by atoms with Crippen LogP contribution in [0.5, 0.6) is 0 Å². The highest BCUT2D eigenvalue weighted by Gasteiger charge is 2.14. The molecular formula is C14H19NOS. The van der Waals surface area contributed by atoms with E-state index in [0.717, 1.165) is 24.0 Å². The maximum atomic E-state index is 5.76. The quantitative estimate of drug-likeness (QED) is 0.833. The van der Waals surface area contributed by atoms with E-state index in [-0.39, 0.29) is 0 Å². The molecule has 92 valence electrons. The fraction of sp³-hybridized carbons (Fsp3) is 0.571. The summed E-state index contributed by atoms with van der Waals surface area (Å²) in [5, 5.41) is 0. The van der Waals surface area contributed by atoms with Gasteiger partial charge in [-0.25, -0.2) is 0 Å². The van der Waals surface area contributed by atoms with Crippen molar-refractivity contribution in [1.82, 2.24) is 0 Å². The van der Waals surface area contributed by atoms with E-state index in [9.17, 15) is 0 Å². The molecule has 0 aliphatic heterocycles. The zero-order valence-electron chi connectivity index (χ0n) is 10.1. The topological polar surface area (TPSA) is 35.2 Å². The van der Waals surface area contributed by atoms with Crippen LogP contribution in [0.3, 0.4) is 0 Å². The van der Waals surface area contributed by atoms with Crippen LogP contribution in [0.2, 0.25) is 0 Å². The number of ether oxygens (including phenoxy) is 1. The van der Waals surface area contributed by atoms with Crippen molar-refractivity contribution in [3.05, 3.63) is 21.9 Å². The lowest BCUT2D eigenvalue weighted by molar-refractivity contribution is 0.0906. The highest BCUT2D eigenvalue weighted by atomic mass is 32.1. The summed E-state index contributed by atoms with van der Waals surface area (Å²) < 4.78 is 5.76. The molecule has 0 radical (unpaired) electrons. The van der Waals surface area contributed by atoms with Crippen LogP contribution in [0.25, 0.3) is 0 Å². The van der Waals surface area contributed by atoms with Gasteiger partial charge in [0.1, 0.15) is 0 Å². The number of hydrogen-bond acceptors (Lipinski definition) is 3. The lowest BCUT2D eigenvalue weighted by Crippen LogP contribution is -2.04. The highest BCUT2D eigenvalue weighted by molar-refractivity contribution is 7.12. The van der Waals surface area contributed by atoms with E-state index in [1.54, 1.807) is 11.3 Å². The first kappa shape index (κ1) is 12.6. The number of hydrogen-bond donors (Lipinski definition) is 1. The van der Waals surface area contributed by atoms with Gasteiger partial charge in [0.2, 0.25) is 0 Å². The summed E-state index contributed by atoms with van der Waals surface area (Å²) in [5.41, 5.74) is 5.34. The minimum absolute atomic E-state index is 0.422. The van der Waals surface area contributed by atoms with Crippen molar-refractivity contribution < 1.29 is 4.74 Å². The number of rotatable bonds is 4.